The van der Waals surface area contributed by atoms with E-state index in [1.165, 1.54) is 0 Å². The lowest BCUT2D eigenvalue weighted by atomic mass is 9.94. The number of rotatable bonds is 7. The molecule has 2 atom stereocenters. The third kappa shape index (κ3) is 3.25. The van der Waals surface area contributed by atoms with Crippen molar-refractivity contribution >= 4 is 11.9 Å². The first-order chi connectivity index (χ1) is 11.5. The fourth-order valence-electron chi connectivity index (χ4n) is 2.95. The van der Waals surface area contributed by atoms with Crippen LogP contribution in [-0.2, 0) is 22.6 Å². The molecule has 2 aromatic carbocycles. The Labute approximate surface area is 139 Å². The Bertz CT molecular complexity index is 738. The molecular weight excluding hydrogens is 308 g/mol. The van der Waals surface area contributed by atoms with Gasteiger partial charge in [-0.3, -0.25) is 9.59 Å². The van der Waals surface area contributed by atoms with E-state index in [0.29, 0.717) is 12.4 Å². The summed E-state index contributed by atoms with van der Waals surface area (Å²) in [5.74, 6) is -2.19. The fourth-order valence-corrected chi connectivity index (χ4v) is 2.95. The molecule has 0 spiro atoms. The first-order valence-electron chi connectivity index (χ1n) is 7.73. The highest BCUT2D eigenvalue weighted by molar-refractivity contribution is 5.89. The Hall–Kier alpha value is -2.82. The van der Waals surface area contributed by atoms with E-state index < -0.39 is 23.3 Å². The zero-order valence-electron chi connectivity index (χ0n) is 13.0. The second kappa shape index (κ2) is 6.35. The monoisotopic (exact) mass is 326 g/mol. The third-order valence-corrected chi connectivity index (χ3v) is 4.49. The molecule has 124 valence electrons. The van der Waals surface area contributed by atoms with Crippen LogP contribution in [0.15, 0.2) is 54.6 Å². The molecule has 1 aliphatic rings. The average Bonchev–Trinajstić information content (AvgIpc) is 3.31. The Morgan fingerprint density at radius 1 is 1.00 bits per heavy atom. The van der Waals surface area contributed by atoms with Crippen LogP contribution in [0.1, 0.15) is 17.5 Å². The molecule has 0 saturated heterocycles. The highest BCUT2D eigenvalue weighted by atomic mass is 16.5. The lowest BCUT2D eigenvalue weighted by Crippen LogP contribution is -2.23. The highest BCUT2D eigenvalue weighted by Crippen LogP contribution is 2.55. The fraction of sp³-hybridized carbons (Fsp3) is 0.263. The van der Waals surface area contributed by atoms with E-state index in [-0.39, 0.29) is 12.8 Å². The maximum Gasteiger partial charge on any atom is 0.310 e. The Kier molecular flexibility index (Phi) is 4.25. The normalized spacial score (nSPS) is 21.9. The Balaban J connectivity index is 1.62. The van der Waals surface area contributed by atoms with Gasteiger partial charge >= 0.3 is 11.9 Å². The summed E-state index contributed by atoms with van der Waals surface area (Å²) in [6, 6.07) is 16.9. The summed E-state index contributed by atoms with van der Waals surface area (Å²) in [4.78, 5) is 22.5. The third-order valence-electron chi connectivity index (χ3n) is 4.49. The van der Waals surface area contributed by atoms with Gasteiger partial charge in [0.05, 0.1) is 11.3 Å². The van der Waals surface area contributed by atoms with Crippen molar-refractivity contribution in [3.05, 3.63) is 65.7 Å². The maximum atomic E-state index is 11.4. The summed E-state index contributed by atoms with van der Waals surface area (Å²) in [7, 11) is 0. The van der Waals surface area contributed by atoms with E-state index in [0.717, 1.165) is 11.1 Å². The van der Waals surface area contributed by atoms with Crippen LogP contribution in [0.25, 0.3) is 0 Å². The first-order valence-corrected chi connectivity index (χ1v) is 7.73. The van der Waals surface area contributed by atoms with Gasteiger partial charge < -0.3 is 14.9 Å². The summed E-state index contributed by atoms with van der Waals surface area (Å²) < 4.78 is 5.69. The second-order valence-electron chi connectivity index (χ2n) is 6.15. The van der Waals surface area contributed by atoms with Crippen LogP contribution in [0, 0.1) is 11.3 Å². The predicted molar refractivity (Wildman–Crippen MR) is 86.7 cm³/mol. The smallest absolute Gasteiger partial charge is 0.310 e. The van der Waals surface area contributed by atoms with Crippen molar-refractivity contribution < 1.29 is 24.5 Å². The lowest BCUT2D eigenvalue weighted by Gasteiger charge is -2.12. The minimum atomic E-state index is -1.17. The van der Waals surface area contributed by atoms with Crippen molar-refractivity contribution in [2.24, 2.45) is 11.3 Å². The van der Waals surface area contributed by atoms with Crippen LogP contribution in [0.5, 0.6) is 5.75 Å². The highest BCUT2D eigenvalue weighted by Gasteiger charge is 2.64. The van der Waals surface area contributed by atoms with Crippen LogP contribution in [0.4, 0.5) is 0 Å². The molecule has 0 amide bonds. The molecule has 0 bridgehead atoms. The van der Waals surface area contributed by atoms with E-state index in [4.69, 9.17) is 9.84 Å². The van der Waals surface area contributed by atoms with Gasteiger partial charge in [-0.05, 0) is 36.1 Å². The number of carboxylic acid groups (broad SMARTS) is 2. The first kappa shape index (κ1) is 16.1. The number of ether oxygens (including phenoxy) is 1. The number of aliphatic carboxylic acids is 2. The standard InChI is InChI=1S/C19H18O5/c20-17(21)16-11-19(16,18(22)23)10-13-6-8-15(9-7-13)24-12-14-4-2-1-3-5-14/h1-9,16H,10-12H2,(H,20,21)(H,22,23)/t16?,19-/m0/s1. The molecule has 1 saturated carbocycles. The molecule has 0 heterocycles. The van der Waals surface area contributed by atoms with Crippen molar-refractivity contribution in [3.8, 4) is 5.75 Å². The van der Waals surface area contributed by atoms with Gasteiger partial charge in [-0.1, -0.05) is 42.5 Å². The minimum absolute atomic E-state index is 0.184. The summed E-state index contributed by atoms with van der Waals surface area (Å²) in [6.07, 6.45) is 0.405. The van der Waals surface area contributed by atoms with Gasteiger partial charge in [-0.2, -0.15) is 0 Å². The van der Waals surface area contributed by atoms with Gasteiger partial charge in [0.1, 0.15) is 12.4 Å². The van der Waals surface area contributed by atoms with Crippen LogP contribution < -0.4 is 4.74 Å². The van der Waals surface area contributed by atoms with Gasteiger partial charge in [-0.15, -0.1) is 0 Å². The number of hydrogen-bond acceptors (Lipinski definition) is 3. The van der Waals surface area contributed by atoms with Crippen LogP contribution >= 0.6 is 0 Å². The molecule has 1 unspecified atom stereocenters. The average molecular weight is 326 g/mol. The van der Waals surface area contributed by atoms with Crippen molar-refractivity contribution in [2.45, 2.75) is 19.4 Å². The molecule has 3 rings (SSSR count). The van der Waals surface area contributed by atoms with Gasteiger partial charge in [-0.25, -0.2) is 0 Å². The quantitative estimate of drug-likeness (QED) is 0.817. The molecule has 5 heteroatoms. The second-order valence-corrected chi connectivity index (χ2v) is 6.15. The number of carbonyl (C=O) groups is 2. The minimum Gasteiger partial charge on any atom is -0.489 e. The van der Waals surface area contributed by atoms with Crippen molar-refractivity contribution in [1.29, 1.82) is 0 Å². The largest absolute Gasteiger partial charge is 0.489 e. The van der Waals surface area contributed by atoms with Crippen LogP contribution in [0.3, 0.4) is 0 Å². The van der Waals surface area contributed by atoms with Gasteiger partial charge in [0.25, 0.3) is 0 Å². The number of carboxylic acids is 2. The molecule has 24 heavy (non-hydrogen) atoms. The van der Waals surface area contributed by atoms with Gasteiger partial charge in [0, 0.05) is 0 Å². The van der Waals surface area contributed by atoms with Crippen molar-refractivity contribution in [1.82, 2.24) is 0 Å². The summed E-state index contributed by atoms with van der Waals surface area (Å²) >= 11 is 0. The zero-order valence-corrected chi connectivity index (χ0v) is 13.0. The number of benzene rings is 2. The van der Waals surface area contributed by atoms with Crippen molar-refractivity contribution in [3.63, 3.8) is 0 Å². The number of hydrogen-bond donors (Lipinski definition) is 2. The Morgan fingerprint density at radius 2 is 1.67 bits per heavy atom. The van der Waals surface area contributed by atoms with Crippen LogP contribution in [-0.4, -0.2) is 22.2 Å². The zero-order chi connectivity index (χ0) is 17.2. The Morgan fingerprint density at radius 3 is 2.21 bits per heavy atom. The van der Waals surface area contributed by atoms with E-state index >= 15 is 0 Å². The molecule has 0 aromatic heterocycles. The van der Waals surface area contributed by atoms with Gasteiger partial charge in [0.2, 0.25) is 0 Å². The molecule has 5 nitrogen and oxygen atoms in total. The predicted octanol–water partition coefficient (Wildman–Crippen LogP) is 2.98. The summed E-state index contributed by atoms with van der Waals surface area (Å²) in [5.41, 5.74) is 0.694. The van der Waals surface area contributed by atoms with Crippen molar-refractivity contribution in [2.75, 3.05) is 0 Å². The molecule has 1 fully saturated rings. The molecule has 1 aliphatic carbocycles. The molecule has 0 radical (unpaired) electrons. The topological polar surface area (TPSA) is 83.8 Å². The van der Waals surface area contributed by atoms with Crippen LogP contribution in [0.2, 0.25) is 0 Å². The van der Waals surface area contributed by atoms with E-state index in [9.17, 15) is 14.7 Å². The van der Waals surface area contributed by atoms with E-state index in [1.54, 1.807) is 24.3 Å². The molecule has 2 N–H and O–H groups in total. The molecular formula is C19H18O5. The molecule has 0 aliphatic heterocycles. The molecule has 2 aromatic rings. The van der Waals surface area contributed by atoms with E-state index in [1.807, 2.05) is 30.3 Å². The lowest BCUT2D eigenvalue weighted by molar-refractivity contribution is -0.149. The van der Waals surface area contributed by atoms with E-state index in [2.05, 4.69) is 0 Å². The SMILES string of the molecule is O=C(O)C1C[C@]1(Cc1ccc(OCc2ccccc2)cc1)C(=O)O. The maximum absolute atomic E-state index is 11.4. The summed E-state index contributed by atoms with van der Waals surface area (Å²) in [5, 5.41) is 18.4. The van der Waals surface area contributed by atoms with Gasteiger partial charge in [0.15, 0.2) is 0 Å². The summed E-state index contributed by atoms with van der Waals surface area (Å²) in [6.45, 7) is 0.459.